The summed E-state index contributed by atoms with van der Waals surface area (Å²) in [5.41, 5.74) is 2.02. The zero-order chi connectivity index (χ0) is 7.28. The summed E-state index contributed by atoms with van der Waals surface area (Å²) in [6.07, 6.45) is -2.90. The van der Waals surface area contributed by atoms with Gasteiger partial charge in [-0.2, -0.15) is 8.78 Å². The molecule has 0 saturated carbocycles. The van der Waals surface area contributed by atoms with E-state index in [1.165, 1.54) is 7.05 Å². The van der Waals surface area contributed by atoms with Gasteiger partial charge in [0, 0.05) is 7.05 Å². The summed E-state index contributed by atoms with van der Waals surface area (Å²) in [5, 5.41) is 10.6. The van der Waals surface area contributed by atoms with Crippen molar-refractivity contribution in [1.82, 2.24) is 5.43 Å². The summed E-state index contributed by atoms with van der Waals surface area (Å²) >= 11 is 0. The van der Waals surface area contributed by atoms with E-state index in [4.69, 9.17) is 5.26 Å². The fraction of sp³-hybridized carbons (Fsp3) is 0.667. The molecule has 0 aliphatic heterocycles. The number of alkyl halides is 2. The molecule has 0 aromatic heterocycles. The van der Waals surface area contributed by atoms with Crippen LogP contribution in [0, 0.1) is 0 Å². The fourth-order valence-electron chi connectivity index (χ4n) is 0.219. The molecule has 6 heteroatoms. The van der Waals surface area contributed by atoms with Gasteiger partial charge in [-0.1, -0.05) is 0 Å². The predicted octanol–water partition coefficient (Wildman–Crippen LogP) is 0.274. The number of rotatable bonds is 2. The first-order valence-electron chi connectivity index (χ1n) is 2.06. The van der Waals surface area contributed by atoms with E-state index >= 15 is 0 Å². The summed E-state index contributed by atoms with van der Waals surface area (Å²) in [5.74, 6) is -1.04. The second kappa shape index (κ2) is 4.02. The highest BCUT2D eigenvalue weighted by atomic mass is 19.3. The first-order valence-corrected chi connectivity index (χ1v) is 2.06. The van der Waals surface area contributed by atoms with Crippen molar-refractivity contribution in [1.29, 1.82) is 0 Å². The molecule has 0 spiro atoms. The number of nitrogens with zero attached hydrogens (tertiary/aromatic N) is 1. The second-order valence-corrected chi connectivity index (χ2v) is 1.07. The lowest BCUT2D eigenvalue weighted by molar-refractivity contribution is -0.165. The third-order valence-electron chi connectivity index (χ3n) is 0.502. The van der Waals surface area contributed by atoms with Gasteiger partial charge in [0.15, 0.2) is 0 Å². The molecular formula is C3H6F2N2O2. The molecule has 0 amide bonds. The van der Waals surface area contributed by atoms with Gasteiger partial charge in [-0.05, 0) is 0 Å². The molecule has 4 nitrogen and oxygen atoms in total. The molecule has 0 bridgehead atoms. The number of hydrogen-bond acceptors (Lipinski definition) is 4. The SMILES string of the molecule is CN/N=C(\OO)C(F)F. The van der Waals surface area contributed by atoms with E-state index in [1.54, 1.807) is 0 Å². The van der Waals surface area contributed by atoms with Crippen LogP contribution in [0.25, 0.3) is 0 Å². The molecular weight excluding hydrogens is 134 g/mol. The van der Waals surface area contributed by atoms with E-state index in [9.17, 15) is 8.78 Å². The van der Waals surface area contributed by atoms with Crippen LogP contribution < -0.4 is 5.43 Å². The molecule has 0 fully saturated rings. The van der Waals surface area contributed by atoms with Crippen molar-refractivity contribution < 1.29 is 18.9 Å². The average Bonchev–Trinajstić information content (AvgIpc) is 1.82. The molecule has 0 unspecified atom stereocenters. The maximum absolute atomic E-state index is 11.4. The average molecular weight is 140 g/mol. The van der Waals surface area contributed by atoms with Crippen LogP contribution in [-0.2, 0) is 4.89 Å². The molecule has 2 N–H and O–H groups in total. The molecule has 0 rings (SSSR count). The maximum Gasteiger partial charge on any atom is 0.318 e. The lowest BCUT2D eigenvalue weighted by Gasteiger charge is -1.97. The minimum absolute atomic E-state index is 1.04. The van der Waals surface area contributed by atoms with Crippen LogP contribution in [0.1, 0.15) is 0 Å². The van der Waals surface area contributed by atoms with E-state index < -0.39 is 12.3 Å². The summed E-state index contributed by atoms with van der Waals surface area (Å²) in [6, 6.07) is 0. The van der Waals surface area contributed by atoms with Crippen LogP contribution in [0.15, 0.2) is 5.10 Å². The van der Waals surface area contributed by atoms with Gasteiger partial charge in [-0.3, -0.25) is 0 Å². The third-order valence-corrected chi connectivity index (χ3v) is 0.502. The number of halogens is 2. The van der Waals surface area contributed by atoms with Crippen LogP contribution >= 0.6 is 0 Å². The van der Waals surface area contributed by atoms with Gasteiger partial charge in [-0.15, -0.1) is 5.10 Å². The quantitative estimate of drug-likeness (QED) is 0.250. The highest BCUT2D eigenvalue weighted by molar-refractivity contribution is 5.78. The van der Waals surface area contributed by atoms with E-state index in [0.717, 1.165) is 0 Å². The fourth-order valence-corrected chi connectivity index (χ4v) is 0.219. The summed E-state index contributed by atoms with van der Waals surface area (Å²) in [4.78, 5) is 3.19. The van der Waals surface area contributed by atoms with Crippen LogP contribution in [0.3, 0.4) is 0 Å². The molecule has 0 aromatic carbocycles. The van der Waals surface area contributed by atoms with Gasteiger partial charge in [-0.25, -0.2) is 5.26 Å². The molecule has 9 heavy (non-hydrogen) atoms. The van der Waals surface area contributed by atoms with E-state index in [2.05, 4.69) is 9.99 Å². The molecule has 0 aliphatic rings. The Bertz CT molecular complexity index is 106. The standard InChI is InChI=1S/C3H6F2N2O2/c1-6-7-3(9-8)2(4)5/h2,6,8H,1H3/b7-3-. The normalized spacial score (nSPS) is 11.9. The van der Waals surface area contributed by atoms with Crippen molar-refractivity contribution in [3.8, 4) is 0 Å². The van der Waals surface area contributed by atoms with Gasteiger partial charge in [0.05, 0.1) is 0 Å². The number of hydrogen-bond donors (Lipinski definition) is 2. The van der Waals surface area contributed by atoms with E-state index in [0.29, 0.717) is 0 Å². The topological polar surface area (TPSA) is 53.9 Å². The largest absolute Gasteiger partial charge is 0.318 e. The summed E-state index contributed by atoms with van der Waals surface area (Å²) in [6.45, 7) is 0. The predicted molar refractivity (Wildman–Crippen MR) is 26.2 cm³/mol. The molecule has 0 atom stereocenters. The van der Waals surface area contributed by atoms with Crippen LogP contribution in [0.4, 0.5) is 8.78 Å². The Balaban J connectivity index is 3.81. The highest BCUT2D eigenvalue weighted by Crippen LogP contribution is 1.95. The van der Waals surface area contributed by atoms with Crippen molar-refractivity contribution in [3.63, 3.8) is 0 Å². The number of hydrazone groups is 1. The second-order valence-electron chi connectivity index (χ2n) is 1.07. The van der Waals surface area contributed by atoms with Gasteiger partial charge < -0.3 is 10.3 Å². The minimum atomic E-state index is -2.90. The van der Waals surface area contributed by atoms with Gasteiger partial charge >= 0.3 is 12.3 Å². The van der Waals surface area contributed by atoms with Crippen molar-refractivity contribution in [2.45, 2.75) is 6.43 Å². The zero-order valence-electron chi connectivity index (χ0n) is 4.64. The van der Waals surface area contributed by atoms with Crippen molar-refractivity contribution in [2.24, 2.45) is 5.10 Å². The highest BCUT2D eigenvalue weighted by Gasteiger charge is 2.14. The van der Waals surface area contributed by atoms with Crippen LogP contribution in [-0.4, -0.2) is 24.6 Å². The Morgan fingerprint density at radius 1 is 1.78 bits per heavy atom. The monoisotopic (exact) mass is 140 g/mol. The molecule has 0 aliphatic carbocycles. The Kier molecular flexibility index (Phi) is 3.61. The molecule has 0 saturated heterocycles. The Hall–Kier alpha value is -0.910. The molecule has 54 valence electrons. The Labute approximate surface area is 50.1 Å². The Morgan fingerprint density at radius 3 is 2.44 bits per heavy atom. The third kappa shape index (κ3) is 2.81. The number of nitrogens with one attached hydrogen (secondary N) is 1. The maximum atomic E-state index is 11.4. The smallest absolute Gasteiger partial charge is 0.316 e. The van der Waals surface area contributed by atoms with Crippen LogP contribution in [0.5, 0.6) is 0 Å². The lowest BCUT2D eigenvalue weighted by atomic mass is 10.7. The summed E-state index contributed by atoms with van der Waals surface area (Å²) in [7, 11) is 1.31. The van der Waals surface area contributed by atoms with Crippen molar-refractivity contribution in [2.75, 3.05) is 7.05 Å². The lowest BCUT2D eigenvalue weighted by Crippen LogP contribution is -2.16. The van der Waals surface area contributed by atoms with Crippen molar-refractivity contribution in [3.05, 3.63) is 0 Å². The summed E-state index contributed by atoms with van der Waals surface area (Å²) < 4.78 is 22.9. The van der Waals surface area contributed by atoms with Crippen LogP contribution in [0.2, 0.25) is 0 Å². The molecule has 0 radical (unpaired) electrons. The van der Waals surface area contributed by atoms with Gasteiger partial charge in [0.1, 0.15) is 0 Å². The van der Waals surface area contributed by atoms with Gasteiger partial charge in [0.25, 0.3) is 0 Å². The minimum Gasteiger partial charge on any atom is -0.316 e. The van der Waals surface area contributed by atoms with Crippen molar-refractivity contribution >= 4 is 5.90 Å². The zero-order valence-corrected chi connectivity index (χ0v) is 4.64. The molecule has 0 heterocycles. The van der Waals surface area contributed by atoms with Gasteiger partial charge in [0.2, 0.25) is 0 Å². The first-order chi connectivity index (χ1) is 4.22. The van der Waals surface area contributed by atoms with E-state index in [1.807, 2.05) is 5.43 Å². The molecule has 0 aromatic rings. The van der Waals surface area contributed by atoms with E-state index in [-0.39, 0.29) is 0 Å². The Morgan fingerprint density at radius 2 is 2.33 bits per heavy atom. The first kappa shape index (κ1) is 8.09.